The predicted molar refractivity (Wildman–Crippen MR) is 84.5 cm³/mol. The summed E-state index contributed by atoms with van der Waals surface area (Å²) in [4.78, 5) is 0. The molecular weight excluding hydrogens is 366 g/mol. The standard InChI is InChI=1S/C12H16FIN2OS/c1-2-17-7-3-6-15-12(18)16-11-5-4-9(13)8-10(11)14/h4-5,8H,2-3,6-7H2,1H3,(H2,15,16,18). The first kappa shape index (κ1) is 15.6. The quantitative estimate of drug-likeness (QED) is 0.450. The molecule has 0 aliphatic carbocycles. The highest BCUT2D eigenvalue weighted by Crippen LogP contribution is 2.18. The minimum Gasteiger partial charge on any atom is -0.382 e. The van der Waals surface area contributed by atoms with E-state index in [0.29, 0.717) is 5.11 Å². The van der Waals surface area contributed by atoms with Gasteiger partial charge in [-0.05, 0) is 66.4 Å². The van der Waals surface area contributed by atoms with Crippen LogP contribution in [0.2, 0.25) is 0 Å². The molecule has 0 aromatic heterocycles. The summed E-state index contributed by atoms with van der Waals surface area (Å²) in [6.07, 6.45) is 0.899. The molecule has 0 aliphatic heterocycles. The number of thiocarbonyl (C=S) groups is 1. The Labute approximate surface area is 126 Å². The van der Waals surface area contributed by atoms with Gasteiger partial charge >= 0.3 is 0 Å². The molecule has 18 heavy (non-hydrogen) atoms. The van der Waals surface area contributed by atoms with Crippen LogP contribution in [0.25, 0.3) is 0 Å². The molecule has 1 aromatic rings. The zero-order valence-corrected chi connectivity index (χ0v) is 13.1. The minimum absolute atomic E-state index is 0.249. The van der Waals surface area contributed by atoms with Gasteiger partial charge in [0.25, 0.3) is 0 Å². The first-order valence-corrected chi connectivity index (χ1v) is 7.20. The maximum Gasteiger partial charge on any atom is 0.170 e. The minimum atomic E-state index is -0.249. The Morgan fingerprint density at radius 3 is 2.94 bits per heavy atom. The fraction of sp³-hybridized carbons (Fsp3) is 0.417. The maximum atomic E-state index is 12.9. The second-order valence-electron chi connectivity index (χ2n) is 3.56. The topological polar surface area (TPSA) is 33.3 Å². The third-order valence-electron chi connectivity index (χ3n) is 2.13. The highest BCUT2D eigenvalue weighted by molar-refractivity contribution is 14.1. The van der Waals surface area contributed by atoms with E-state index in [9.17, 15) is 4.39 Å². The van der Waals surface area contributed by atoms with E-state index in [2.05, 4.69) is 33.2 Å². The lowest BCUT2D eigenvalue weighted by molar-refractivity contribution is 0.146. The van der Waals surface area contributed by atoms with Crippen molar-refractivity contribution in [1.29, 1.82) is 0 Å². The van der Waals surface area contributed by atoms with Crippen LogP contribution in [0, 0.1) is 9.39 Å². The number of rotatable bonds is 6. The Morgan fingerprint density at radius 1 is 1.50 bits per heavy atom. The van der Waals surface area contributed by atoms with Crippen molar-refractivity contribution in [3.63, 3.8) is 0 Å². The molecule has 0 spiro atoms. The van der Waals surface area contributed by atoms with E-state index in [1.165, 1.54) is 12.1 Å². The molecule has 0 unspecified atom stereocenters. The summed E-state index contributed by atoms with van der Waals surface area (Å²) < 4.78 is 18.9. The highest BCUT2D eigenvalue weighted by atomic mass is 127. The molecule has 0 fully saturated rings. The fourth-order valence-electron chi connectivity index (χ4n) is 1.28. The fourth-order valence-corrected chi connectivity index (χ4v) is 2.10. The average molecular weight is 382 g/mol. The number of anilines is 1. The van der Waals surface area contributed by atoms with Gasteiger partial charge in [-0.3, -0.25) is 0 Å². The Balaban J connectivity index is 2.31. The Hall–Kier alpha value is -0.470. The molecule has 2 N–H and O–H groups in total. The van der Waals surface area contributed by atoms with E-state index in [1.54, 1.807) is 6.07 Å². The summed E-state index contributed by atoms with van der Waals surface area (Å²) in [6.45, 7) is 4.18. The van der Waals surface area contributed by atoms with Gasteiger partial charge in [0, 0.05) is 23.3 Å². The smallest absolute Gasteiger partial charge is 0.170 e. The largest absolute Gasteiger partial charge is 0.382 e. The van der Waals surface area contributed by atoms with E-state index < -0.39 is 0 Å². The highest BCUT2D eigenvalue weighted by Gasteiger charge is 2.03. The van der Waals surface area contributed by atoms with Gasteiger partial charge in [-0.25, -0.2) is 4.39 Å². The van der Waals surface area contributed by atoms with Crippen LogP contribution in [-0.4, -0.2) is 24.9 Å². The van der Waals surface area contributed by atoms with Crippen molar-refractivity contribution in [1.82, 2.24) is 5.32 Å². The van der Waals surface area contributed by atoms with Gasteiger partial charge in [-0.2, -0.15) is 0 Å². The first-order chi connectivity index (χ1) is 8.63. The number of ether oxygens (including phenoxy) is 1. The van der Waals surface area contributed by atoms with E-state index in [-0.39, 0.29) is 5.82 Å². The molecule has 3 nitrogen and oxygen atoms in total. The zero-order chi connectivity index (χ0) is 13.4. The lowest BCUT2D eigenvalue weighted by atomic mass is 10.3. The summed E-state index contributed by atoms with van der Waals surface area (Å²) >= 11 is 7.21. The van der Waals surface area contributed by atoms with Crippen LogP contribution in [0.15, 0.2) is 18.2 Å². The van der Waals surface area contributed by atoms with Gasteiger partial charge in [-0.1, -0.05) is 0 Å². The second-order valence-corrected chi connectivity index (χ2v) is 5.13. The molecule has 0 atom stereocenters. The number of nitrogens with one attached hydrogen (secondary N) is 2. The lowest BCUT2D eigenvalue weighted by Crippen LogP contribution is -2.30. The molecular formula is C12H16FIN2OS. The molecule has 0 saturated carbocycles. The molecule has 100 valence electrons. The summed E-state index contributed by atoms with van der Waals surface area (Å²) in [5.41, 5.74) is 0.805. The zero-order valence-electron chi connectivity index (χ0n) is 10.1. The summed E-state index contributed by atoms with van der Waals surface area (Å²) in [6, 6.07) is 4.54. The Bertz CT molecular complexity index is 404. The lowest BCUT2D eigenvalue weighted by Gasteiger charge is -2.11. The second kappa shape index (κ2) is 8.60. The van der Waals surface area contributed by atoms with E-state index >= 15 is 0 Å². The van der Waals surface area contributed by atoms with Crippen LogP contribution >= 0.6 is 34.8 Å². The van der Waals surface area contributed by atoms with Crippen LogP contribution in [0.4, 0.5) is 10.1 Å². The third-order valence-corrected chi connectivity index (χ3v) is 3.27. The van der Waals surface area contributed by atoms with Crippen molar-refractivity contribution < 1.29 is 9.13 Å². The van der Waals surface area contributed by atoms with Crippen LogP contribution in [0.3, 0.4) is 0 Å². The van der Waals surface area contributed by atoms with E-state index in [0.717, 1.165) is 35.4 Å². The van der Waals surface area contributed by atoms with Crippen molar-refractivity contribution in [2.24, 2.45) is 0 Å². The molecule has 1 rings (SSSR count). The molecule has 0 aliphatic rings. The molecule has 0 amide bonds. The number of hydrogen-bond donors (Lipinski definition) is 2. The average Bonchev–Trinajstić information content (AvgIpc) is 2.32. The maximum absolute atomic E-state index is 12.9. The SMILES string of the molecule is CCOCCCNC(=S)Nc1ccc(F)cc1I. The molecule has 0 bridgehead atoms. The Morgan fingerprint density at radius 2 is 2.28 bits per heavy atom. The number of benzene rings is 1. The summed E-state index contributed by atoms with van der Waals surface area (Å²) in [7, 11) is 0. The van der Waals surface area contributed by atoms with Crippen molar-refractivity contribution in [3.8, 4) is 0 Å². The van der Waals surface area contributed by atoms with Crippen LogP contribution < -0.4 is 10.6 Å². The third kappa shape index (κ3) is 5.92. The van der Waals surface area contributed by atoms with Gasteiger partial charge < -0.3 is 15.4 Å². The summed E-state index contributed by atoms with van der Waals surface area (Å²) in [5, 5.41) is 6.65. The van der Waals surface area contributed by atoms with E-state index in [4.69, 9.17) is 17.0 Å². The molecule has 1 aromatic carbocycles. The summed E-state index contributed by atoms with van der Waals surface area (Å²) in [5.74, 6) is -0.249. The van der Waals surface area contributed by atoms with Gasteiger partial charge in [0.15, 0.2) is 5.11 Å². The van der Waals surface area contributed by atoms with Gasteiger partial charge in [0.1, 0.15) is 5.82 Å². The van der Waals surface area contributed by atoms with Crippen LogP contribution in [0.1, 0.15) is 13.3 Å². The molecule has 0 radical (unpaired) electrons. The van der Waals surface area contributed by atoms with Crippen molar-refractivity contribution in [2.75, 3.05) is 25.1 Å². The normalized spacial score (nSPS) is 10.2. The van der Waals surface area contributed by atoms with Crippen LogP contribution in [0.5, 0.6) is 0 Å². The first-order valence-electron chi connectivity index (χ1n) is 5.71. The molecule has 6 heteroatoms. The predicted octanol–water partition coefficient (Wildman–Crippen LogP) is 3.14. The van der Waals surface area contributed by atoms with Gasteiger partial charge in [-0.15, -0.1) is 0 Å². The van der Waals surface area contributed by atoms with Crippen LogP contribution in [-0.2, 0) is 4.74 Å². The van der Waals surface area contributed by atoms with Crippen molar-refractivity contribution in [3.05, 3.63) is 27.6 Å². The Kier molecular flexibility index (Phi) is 7.45. The molecule has 0 saturated heterocycles. The molecule has 0 heterocycles. The van der Waals surface area contributed by atoms with Crippen molar-refractivity contribution >= 4 is 45.6 Å². The monoisotopic (exact) mass is 382 g/mol. The van der Waals surface area contributed by atoms with Gasteiger partial charge in [0.05, 0.1) is 5.69 Å². The van der Waals surface area contributed by atoms with Crippen molar-refractivity contribution in [2.45, 2.75) is 13.3 Å². The number of halogens is 2. The number of hydrogen-bond acceptors (Lipinski definition) is 2. The van der Waals surface area contributed by atoms with Gasteiger partial charge in [0.2, 0.25) is 0 Å². The van der Waals surface area contributed by atoms with E-state index in [1.807, 2.05) is 6.92 Å².